The predicted molar refractivity (Wildman–Crippen MR) is 71.5 cm³/mol. The van der Waals surface area contributed by atoms with Crippen molar-refractivity contribution >= 4 is 23.5 Å². The number of nitrogens with zero attached hydrogens (tertiary/aromatic N) is 3. The van der Waals surface area contributed by atoms with Crippen LogP contribution in [0.25, 0.3) is 11.3 Å². The number of carbonyl (C=O) groups is 2. The number of nitrogens with one attached hydrogen (secondary N) is 1. The first-order valence-corrected chi connectivity index (χ1v) is 6.04. The van der Waals surface area contributed by atoms with Crippen LogP contribution in [0.1, 0.15) is 10.5 Å². The van der Waals surface area contributed by atoms with Crippen molar-refractivity contribution in [3.8, 4) is 11.3 Å². The Kier molecular flexibility index (Phi) is 3.99. The van der Waals surface area contributed by atoms with Gasteiger partial charge in [0.1, 0.15) is 12.2 Å². The minimum absolute atomic E-state index is 0.116. The van der Waals surface area contributed by atoms with Crippen molar-refractivity contribution in [2.24, 2.45) is 0 Å². The number of aromatic carboxylic acids is 1. The molecule has 0 aliphatic heterocycles. The van der Waals surface area contributed by atoms with Crippen LogP contribution in [-0.2, 0) is 11.3 Å². The smallest absolute Gasteiger partial charge is 0.358 e. The minimum atomic E-state index is -1.21. The average molecular weight is 295 g/mol. The third-order valence-corrected chi connectivity index (χ3v) is 2.88. The van der Waals surface area contributed by atoms with Gasteiger partial charge in [-0.3, -0.25) is 4.79 Å². The SMILES string of the molecule is CNC(=O)Cn1nnc(C(=O)O)c1-c1ccc(Cl)cc1. The van der Waals surface area contributed by atoms with Gasteiger partial charge in [0.25, 0.3) is 0 Å². The zero-order valence-electron chi connectivity index (χ0n) is 10.5. The van der Waals surface area contributed by atoms with E-state index in [0.29, 0.717) is 10.6 Å². The van der Waals surface area contributed by atoms with E-state index >= 15 is 0 Å². The molecule has 0 bridgehead atoms. The molecular formula is C12H11ClN4O3. The molecule has 7 nitrogen and oxygen atoms in total. The van der Waals surface area contributed by atoms with Crippen molar-refractivity contribution in [3.05, 3.63) is 35.0 Å². The Bertz CT molecular complexity index is 651. The van der Waals surface area contributed by atoms with E-state index in [0.717, 1.165) is 0 Å². The first kappa shape index (κ1) is 14.0. The van der Waals surface area contributed by atoms with Gasteiger partial charge in [-0.1, -0.05) is 28.9 Å². The standard InChI is InChI=1S/C12H11ClN4O3/c1-14-9(18)6-17-11(10(12(19)20)15-16-17)7-2-4-8(13)5-3-7/h2-5H,6H2,1H3,(H,14,18)(H,19,20). The molecule has 1 amide bonds. The molecule has 1 aromatic carbocycles. The van der Waals surface area contributed by atoms with Gasteiger partial charge in [-0.05, 0) is 12.1 Å². The predicted octanol–water partition coefficient (Wildman–Crippen LogP) is 1.04. The van der Waals surface area contributed by atoms with Crippen LogP contribution in [0.4, 0.5) is 0 Å². The highest BCUT2D eigenvalue weighted by Crippen LogP contribution is 2.24. The summed E-state index contributed by atoms with van der Waals surface area (Å²) in [5, 5.41) is 19.4. The Morgan fingerprint density at radius 2 is 2.00 bits per heavy atom. The van der Waals surface area contributed by atoms with E-state index in [-0.39, 0.29) is 23.8 Å². The first-order chi connectivity index (χ1) is 9.52. The molecule has 0 atom stereocenters. The quantitative estimate of drug-likeness (QED) is 0.878. The van der Waals surface area contributed by atoms with Crippen molar-refractivity contribution in [1.82, 2.24) is 20.3 Å². The lowest BCUT2D eigenvalue weighted by Gasteiger charge is -2.06. The van der Waals surface area contributed by atoms with Gasteiger partial charge in [-0.15, -0.1) is 5.10 Å². The molecule has 0 unspecified atom stereocenters. The molecule has 104 valence electrons. The highest BCUT2D eigenvalue weighted by molar-refractivity contribution is 6.30. The zero-order chi connectivity index (χ0) is 14.7. The van der Waals surface area contributed by atoms with Crippen LogP contribution in [0, 0.1) is 0 Å². The van der Waals surface area contributed by atoms with Crippen LogP contribution < -0.4 is 5.32 Å². The highest BCUT2D eigenvalue weighted by atomic mass is 35.5. The number of amides is 1. The number of carbonyl (C=O) groups excluding carboxylic acids is 1. The Labute approximate surface area is 119 Å². The summed E-state index contributed by atoms with van der Waals surface area (Å²) >= 11 is 5.80. The van der Waals surface area contributed by atoms with Crippen molar-refractivity contribution < 1.29 is 14.7 Å². The number of likely N-dealkylation sites (N-methyl/N-ethyl adjacent to an activating group) is 1. The topological polar surface area (TPSA) is 97.1 Å². The highest BCUT2D eigenvalue weighted by Gasteiger charge is 2.21. The maximum atomic E-state index is 11.4. The zero-order valence-corrected chi connectivity index (χ0v) is 11.3. The van der Waals surface area contributed by atoms with E-state index in [1.165, 1.54) is 11.7 Å². The van der Waals surface area contributed by atoms with Crippen molar-refractivity contribution in [1.29, 1.82) is 0 Å². The monoisotopic (exact) mass is 294 g/mol. The number of hydrogen-bond donors (Lipinski definition) is 2. The van der Waals surface area contributed by atoms with Crippen LogP contribution in [0.5, 0.6) is 0 Å². The largest absolute Gasteiger partial charge is 0.476 e. The maximum Gasteiger partial charge on any atom is 0.358 e. The first-order valence-electron chi connectivity index (χ1n) is 5.66. The maximum absolute atomic E-state index is 11.4. The number of carboxylic acid groups (broad SMARTS) is 1. The third-order valence-electron chi connectivity index (χ3n) is 2.63. The molecule has 1 heterocycles. The molecule has 2 aromatic rings. The Balaban J connectivity index is 2.52. The summed E-state index contributed by atoms with van der Waals surface area (Å²) in [6.07, 6.45) is 0. The molecule has 2 rings (SSSR count). The number of halogens is 1. The van der Waals surface area contributed by atoms with E-state index in [9.17, 15) is 9.59 Å². The molecular weight excluding hydrogens is 284 g/mol. The summed E-state index contributed by atoms with van der Waals surface area (Å²) in [5.41, 5.74) is 0.620. The molecule has 0 saturated carbocycles. The molecule has 0 saturated heterocycles. The van der Waals surface area contributed by atoms with Gasteiger partial charge in [-0.2, -0.15) is 0 Å². The number of aromatic nitrogens is 3. The van der Waals surface area contributed by atoms with Gasteiger partial charge in [-0.25, -0.2) is 9.48 Å². The number of rotatable bonds is 4. The fraction of sp³-hybridized carbons (Fsp3) is 0.167. The fourth-order valence-corrected chi connectivity index (χ4v) is 1.80. The molecule has 0 aliphatic carbocycles. The summed E-state index contributed by atoms with van der Waals surface area (Å²) in [4.78, 5) is 22.6. The second-order valence-corrected chi connectivity index (χ2v) is 4.37. The van der Waals surface area contributed by atoms with Gasteiger partial charge in [0, 0.05) is 17.6 Å². The van der Waals surface area contributed by atoms with Gasteiger partial charge >= 0.3 is 5.97 Å². The Hall–Kier alpha value is -2.41. The second-order valence-electron chi connectivity index (χ2n) is 3.93. The van der Waals surface area contributed by atoms with Crippen LogP contribution >= 0.6 is 11.6 Å². The molecule has 20 heavy (non-hydrogen) atoms. The summed E-state index contributed by atoms with van der Waals surface area (Å²) < 4.78 is 1.24. The van der Waals surface area contributed by atoms with E-state index in [1.54, 1.807) is 24.3 Å². The lowest BCUT2D eigenvalue weighted by molar-refractivity contribution is -0.121. The molecule has 1 aromatic heterocycles. The van der Waals surface area contributed by atoms with Gasteiger partial charge in [0.05, 0.1) is 0 Å². The summed E-state index contributed by atoms with van der Waals surface area (Å²) in [6, 6.07) is 6.54. The molecule has 0 radical (unpaired) electrons. The fourth-order valence-electron chi connectivity index (χ4n) is 1.68. The molecule has 2 N–H and O–H groups in total. The van der Waals surface area contributed by atoms with E-state index in [1.807, 2.05) is 0 Å². The second kappa shape index (κ2) is 5.70. The normalized spacial score (nSPS) is 10.3. The molecule has 8 heteroatoms. The van der Waals surface area contributed by atoms with Crippen molar-refractivity contribution in [2.75, 3.05) is 7.05 Å². The number of hydrogen-bond acceptors (Lipinski definition) is 4. The molecule has 0 fully saturated rings. The van der Waals surface area contributed by atoms with E-state index < -0.39 is 5.97 Å². The summed E-state index contributed by atoms with van der Waals surface area (Å²) in [6.45, 7) is -0.116. The third kappa shape index (κ3) is 2.77. The number of benzene rings is 1. The van der Waals surface area contributed by atoms with Crippen LogP contribution in [0.3, 0.4) is 0 Å². The summed E-state index contributed by atoms with van der Waals surface area (Å²) in [7, 11) is 1.49. The van der Waals surface area contributed by atoms with Gasteiger partial charge < -0.3 is 10.4 Å². The van der Waals surface area contributed by atoms with Crippen molar-refractivity contribution in [2.45, 2.75) is 6.54 Å². The lowest BCUT2D eigenvalue weighted by atomic mass is 10.1. The van der Waals surface area contributed by atoms with Crippen LogP contribution in [-0.4, -0.2) is 39.0 Å². The van der Waals surface area contributed by atoms with Gasteiger partial charge in [0.15, 0.2) is 5.69 Å². The molecule has 0 spiro atoms. The van der Waals surface area contributed by atoms with Crippen LogP contribution in [0.2, 0.25) is 5.02 Å². The van der Waals surface area contributed by atoms with E-state index in [4.69, 9.17) is 16.7 Å². The number of carboxylic acids is 1. The average Bonchev–Trinajstić information content (AvgIpc) is 2.83. The minimum Gasteiger partial charge on any atom is -0.476 e. The van der Waals surface area contributed by atoms with Crippen LogP contribution in [0.15, 0.2) is 24.3 Å². The lowest BCUT2D eigenvalue weighted by Crippen LogP contribution is -2.24. The Morgan fingerprint density at radius 1 is 1.35 bits per heavy atom. The Morgan fingerprint density at radius 3 is 2.55 bits per heavy atom. The van der Waals surface area contributed by atoms with Gasteiger partial charge in [0.2, 0.25) is 5.91 Å². The molecule has 0 aliphatic rings. The van der Waals surface area contributed by atoms with E-state index in [2.05, 4.69) is 15.6 Å². The van der Waals surface area contributed by atoms with Crippen molar-refractivity contribution in [3.63, 3.8) is 0 Å². The summed E-state index contributed by atoms with van der Waals surface area (Å²) in [5.74, 6) is -1.51.